The highest BCUT2D eigenvalue weighted by Crippen LogP contribution is 2.40. The average Bonchev–Trinajstić information content (AvgIpc) is 3.10. The summed E-state index contributed by atoms with van der Waals surface area (Å²) in [6.45, 7) is 0.958. The molecule has 2 aromatic carbocycles. The summed E-state index contributed by atoms with van der Waals surface area (Å²) in [7, 11) is 1.58. The number of hydrogen-bond donors (Lipinski definition) is 1. The summed E-state index contributed by atoms with van der Waals surface area (Å²) in [5.41, 5.74) is 1.33. The monoisotopic (exact) mass is 369 g/mol. The smallest absolute Gasteiger partial charge is 0.307 e. The van der Waals surface area contributed by atoms with E-state index in [2.05, 4.69) is 5.32 Å². The molecule has 2 aliphatic rings. The van der Waals surface area contributed by atoms with Crippen LogP contribution in [0.1, 0.15) is 18.1 Å². The van der Waals surface area contributed by atoms with Gasteiger partial charge in [0, 0.05) is 5.69 Å². The molecule has 4 rings (SSSR count). The van der Waals surface area contributed by atoms with Crippen LogP contribution >= 0.6 is 0 Å². The second-order valence-electron chi connectivity index (χ2n) is 6.34. The first-order valence-electron chi connectivity index (χ1n) is 8.68. The van der Waals surface area contributed by atoms with Crippen molar-refractivity contribution >= 4 is 17.6 Å². The maximum Gasteiger partial charge on any atom is 0.307 e. The zero-order chi connectivity index (χ0) is 18.8. The number of esters is 1. The van der Waals surface area contributed by atoms with Crippen LogP contribution in [0, 0.1) is 5.92 Å². The number of rotatable bonds is 4. The maximum atomic E-state index is 12.8. The molecule has 7 heteroatoms. The molecule has 0 aromatic heterocycles. The van der Waals surface area contributed by atoms with E-state index in [4.69, 9.17) is 18.9 Å². The third kappa shape index (κ3) is 3.53. The van der Waals surface area contributed by atoms with Crippen LogP contribution in [0.4, 0.5) is 5.69 Å². The Morgan fingerprint density at radius 2 is 1.81 bits per heavy atom. The van der Waals surface area contributed by atoms with Crippen molar-refractivity contribution in [1.29, 1.82) is 0 Å². The van der Waals surface area contributed by atoms with Crippen molar-refractivity contribution in [3.63, 3.8) is 0 Å². The molecule has 140 valence electrons. The molecule has 1 fully saturated rings. The van der Waals surface area contributed by atoms with Crippen LogP contribution in [0.25, 0.3) is 0 Å². The molecule has 0 spiro atoms. The SMILES string of the molecule is COc1ccc(NC(=O)[C@H]2CC(=O)O[C@H]2c2ccc3c(c2)OCCO3)cc1. The van der Waals surface area contributed by atoms with Crippen LogP contribution in [-0.4, -0.2) is 32.2 Å². The van der Waals surface area contributed by atoms with Gasteiger partial charge in [-0.25, -0.2) is 0 Å². The van der Waals surface area contributed by atoms with E-state index in [9.17, 15) is 9.59 Å². The van der Waals surface area contributed by atoms with Gasteiger partial charge in [0.2, 0.25) is 5.91 Å². The lowest BCUT2D eigenvalue weighted by Crippen LogP contribution is -2.25. The third-order valence-corrected chi connectivity index (χ3v) is 4.60. The number of carbonyl (C=O) groups excluding carboxylic acids is 2. The van der Waals surface area contributed by atoms with Crippen molar-refractivity contribution in [1.82, 2.24) is 0 Å². The quantitative estimate of drug-likeness (QED) is 0.835. The summed E-state index contributed by atoms with van der Waals surface area (Å²) in [5.74, 6) is 0.643. The highest BCUT2D eigenvalue weighted by molar-refractivity contribution is 5.96. The molecule has 1 N–H and O–H groups in total. The first-order chi connectivity index (χ1) is 13.1. The fraction of sp³-hybridized carbons (Fsp3) is 0.300. The molecule has 2 atom stereocenters. The highest BCUT2D eigenvalue weighted by Gasteiger charge is 2.41. The Bertz CT molecular complexity index is 863. The van der Waals surface area contributed by atoms with E-state index >= 15 is 0 Å². The summed E-state index contributed by atoms with van der Waals surface area (Å²) in [6.07, 6.45) is -0.632. The van der Waals surface area contributed by atoms with Crippen molar-refractivity contribution in [2.24, 2.45) is 5.92 Å². The van der Waals surface area contributed by atoms with Crippen LogP contribution in [0.15, 0.2) is 42.5 Å². The normalized spacial score (nSPS) is 20.7. The summed E-state index contributed by atoms with van der Waals surface area (Å²) in [4.78, 5) is 24.6. The van der Waals surface area contributed by atoms with E-state index in [-0.39, 0.29) is 12.3 Å². The topological polar surface area (TPSA) is 83.1 Å². The van der Waals surface area contributed by atoms with E-state index in [0.717, 1.165) is 0 Å². The van der Waals surface area contributed by atoms with Crippen molar-refractivity contribution in [2.45, 2.75) is 12.5 Å². The number of ether oxygens (including phenoxy) is 4. The summed E-state index contributed by atoms with van der Waals surface area (Å²) >= 11 is 0. The number of nitrogens with one attached hydrogen (secondary N) is 1. The Morgan fingerprint density at radius 3 is 2.56 bits per heavy atom. The minimum Gasteiger partial charge on any atom is -0.497 e. The van der Waals surface area contributed by atoms with Crippen LogP contribution in [-0.2, 0) is 14.3 Å². The number of methoxy groups -OCH3 is 1. The van der Waals surface area contributed by atoms with Gasteiger partial charge in [0.25, 0.3) is 0 Å². The van der Waals surface area contributed by atoms with Gasteiger partial charge in [-0.3, -0.25) is 9.59 Å². The van der Waals surface area contributed by atoms with E-state index in [0.29, 0.717) is 41.7 Å². The number of hydrogen-bond acceptors (Lipinski definition) is 6. The highest BCUT2D eigenvalue weighted by atomic mass is 16.6. The molecule has 27 heavy (non-hydrogen) atoms. The van der Waals surface area contributed by atoms with Gasteiger partial charge >= 0.3 is 5.97 Å². The number of benzene rings is 2. The van der Waals surface area contributed by atoms with Crippen molar-refractivity contribution in [3.8, 4) is 17.2 Å². The van der Waals surface area contributed by atoms with E-state index in [1.807, 2.05) is 0 Å². The van der Waals surface area contributed by atoms with Crippen LogP contribution < -0.4 is 19.5 Å². The molecule has 2 aliphatic heterocycles. The van der Waals surface area contributed by atoms with Gasteiger partial charge in [-0.05, 0) is 42.0 Å². The summed E-state index contributed by atoms with van der Waals surface area (Å²) in [6, 6.07) is 12.3. The molecule has 1 amide bonds. The lowest BCUT2D eigenvalue weighted by molar-refractivity contribution is -0.141. The van der Waals surface area contributed by atoms with Crippen molar-refractivity contribution < 1.29 is 28.5 Å². The summed E-state index contributed by atoms with van der Waals surface area (Å²) in [5, 5.41) is 2.84. The number of cyclic esters (lactones) is 1. The molecule has 0 unspecified atom stereocenters. The number of amides is 1. The van der Waals surface area contributed by atoms with Crippen LogP contribution in [0.2, 0.25) is 0 Å². The lowest BCUT2D eigenvalue weighted by atomic mass is 9.94. The van der Waals surface area contributed by atoms with E-state index in [1.54, 1.807) is 49.6 Å². The molecule has 2 aromatic rings. The zero-order valence-electron chi connectivity index (χ0n) is 14.8. The molecule has 1 saturated heterocycles. The van der Waals surface area contributed by atoms with Gasteiger partial charge < -0.3 is 24.3 Å². The minimum absolute atomic E-state index is 0.0289. The van der Waals surface area contributed by atoms with Gasteiger partial charge in [0.05, 0.1) is 19.4 Å². The van der Waals surface area contributed by atoms with Gasteiger partial charge in [0.15, 0.2) is 11.5 Å². The number of carbonyl (C=O) groups is 2. The average molecular weight is 369 g/mol. The molecule has 7 nitrogen and oxygen atoms in total. The first kappa shape index (κ1) is 17.2. The second-order valence-corrected chi connectivity index (χ2v) is 6.34. The standard InChI is InChI=1S/C20H19NO6/c1-24-14-5-3-13(4-6-14)21-20(23)15-11-18(22)27-19(15)12-2-7-16-17(10-12)26-9-8-25-16/h2-7,10,15,19H,8-9,11H2,1H3,(H,21,23)/t15-,19-/m0/s1. The Hall–Kier alpha value is -3.22. The molecular weight excluding hydrogens is 350 g/mol. The molecule has 0 aliphatic carbocycles. The zero-order valence-corrected chi connectivity index (χ0v) is 14.8. The minimum atomic E-state index is -0.661. The molecule has 2 heterocycles. The van der Waals surface area contributed by atoms with Crippen molar-refractivity contribution in [3.05, 3.63) is 48.0 Å². The Kier molecular flexibility index (Phi) is 4.58. The Morgan fingerprint density at radius 1 is 1.07 bits per heavy atom. The number of fused-ring (bicyclic) bond motifs is 1. The largest absolute Gasteiger partial charge is 0.497 e. The van der Waals surface area contributed by atoms with Crippen LogP contribution in [0.3, 0.4) is 0 Å². The molecule has 0 radical (unpaired) electrons. The second kappa shape index (κ2) is 7.19. The number of anilines is 1. The van der Waals surface area contributed by atoms with Gasteiger partial charge in [-0.1, -0.05) is 6.07 Å². The lowest BCUT2D eigenvalue weighted by Gasteiger charge is -2.22. The van der Waals surface area contributed by atoms with Gasteiger partial charge in [0.1, 0.15) is 25.1 Å². The maximum absolute atomic E-state index is 12.8. The fourth-order valence-corrected chi connectivity index (χ4v) is 3.24. The molecule has 0 bridgehead atoms. The van der Waals surface area contributed by atoms with Crippen molar-refractivity contribution in [2.75, 3.05) is 25.6 Å². The Balaban J connectivity index is 1.53. The molecular formula is C20H19NO6. The summed E-state index contributed by atoms with van der Waals surface area (Å²) < 4.78 is 21.6. The molecule has 0 saturated carbocycles. The van der Waals surface area contributed by atoms with Gasteiger partial charge in [-0.2, -0.15) is 0 Å². The first-order valence-corrected chi connectivity index (χ1v) is 8.68. The fourth-order valence-electron chi connectivity index (χ4n) is 3.24. The van der Waals surface area contributed by atoms with E-state index in [1.165, 1.54) is 0 Å². The predicted molar refractivity (Wildman–Crippen MR) is 96.0 cm³/mol. The third-order valence-electron chi connectivity index (χ3n) is 4.60. The van der Waals surface area contributed by atoms with Gasteiger partial charge in [-0.15, -0.1) is 0 Å². The Labute approximate surface area is 156 Å². The van der Waals surface area contributed by atoms with E-state index < -0.39 is 18.0 Å². The van der Waals surface area contributed by atoms with Crippen LogP contribution in [0.5, 0.6) is 17.2 Å². The predicted octanol–water partition coefficient (Wildman–Crippen LogP) is 2.71.